The van der Waals surface area contributed by atoms with Crippen LogP contribution in [0.2, 0.25) is 0 Å². The van der Waals surface area contributed by atoms with Crippen molar-refractivity contribution in [2.24, 2.45) is 0 Å². The lowest BCUT2D eigenvalue weighted by molar-refractivity contribution is 0.00578. The largest absolute Gasteiger partial charge is 0.501 e. The van der Waals surface area contributed by atoms with Crippen molar-refractivity contribution >= 4 is 56.1 Å². The van der Waals surface area contributed by atoms with Gasteiger partial charge in [0.05, 0.1) is 26.9 Å². The van der Waals surface area contributed by atoms with Crippen LogP contribution in [-0.4, -0.2) is 23.3 Å². The van der Waals surface area contributed by atoms with Crippen molar-refractivity contribution in [3.63, 3.8) is 0 Å². The first-order valence-corrected chi connectivity index (χ1v) is 13.4. The van der Waals surface area contributed by atoms with Crippen molar-refractivity contribution in [2.45, 2.75) is 38.9 Å². The van der Waals surface area contributed by atoms with E-state index in [4.69, 9.17) is 18.7 Å². The van der Waals surface area contributed by atoms with E-state index < -0.39 is 18.3 Å². The molecule has 0 atom stereocenters. The molecule has 0 N–H and O–H groups in total. The van der Waals surface area contributed by atoms with Gasteiger partial charge in [-0.3, -0.25) is 0 Å². The highest BCUT2D eigenvalue weighted by Gasteiger charge is 2.53. The molecule has 0 amide bonds. The molecule has 6 heteroatoms. The van der Waals surface area contributed by atoms with Gasteiger partial charge in [0, 0.05) is 16.3 Å². The molecule has 0 unspecified atom stereocenters. The topological polar surface area (TPSA) is 44.5 Å². The van der Waals surface area contributed by atoms with Crippen LogP contribution in [0.25, 0.3) is 53.9 Å². The standard InChI is InChI=1S/C31H26BNO3S/c1-30(2)31(3,4)36-32(35-30)26-27-25(18-23-22-12-8-9-13-24(22)34-28(23)26)37-29(33-27)21-16-14-20(15-17-21)19-10-6-5-7-11-19/h5-18H,1-4H3. The van der Waals surface area contributed by atoms with Gasteiger partial charge >= 0.3 is 7.12 Å². The monoisotopic (exact) mass is 503 g/mol. The van der Waals surface area contributed by atoms with Crippen molar-refractivity contribution in [3.8, 4) is 21.7 Å². The van der Waals surface area contributed by atoms with Crippen LogP contribution in [0.1, 0.15) is 27.7 Å². The van der Waals surface area contributed by atoms with Crippen LogP contribution >= 0.6 is 11.3 Å². The van der Waals surface area contributed by atoms with Crippen molar-refractivity contribution in [1.29, 1.82) is 0 Å². The molecule has 1 aliphatic heterocycles. The normalized spacial score (nSPS) is 16.8. The second kappa shape index (κ2) is 8.03. The Balaban J connectivity index is 1.41. The number of nitrogens with zero attached hydrogens (tertiary/aromatic N) is 1. The number of para-hydroxylation sites is 1. The molecular formula is C31H26BNO3S. The maximum Gasteiger partial charge on any atom is 0.501 e. The first kappa shape index (κ1) is 22.7. The summed E-state index contributed by atoms with van der Waals surface area (Å²) in [6.45, 7) is 8.29. The van der Waals surface area contributed by atoms with Crippen LogP contribution in [0.15, 0.2) is 89.3 Å². The summed E-state index contributed by atoms with van der Waals surface area (Å²) >= 11 is 1.69. The fourth-order valence-electron chi connectivity index (χ4n) is 5.01. The minimum Gasteiger partial charge on any atom is -0.456 e. The third kappa shape index (κ3) is 3.55. The highest BCUT2D eigenvalue weighted by Crippen LogP contribution is 2.41. The lowest BCUT2D eigenvalue weighted by Crippen LogP contribution is -2.41. The van der Waals surface area contributed by atoms with Crippen LogP contribution < -0.4 is 5.46 Å². The van der Waals surface area contributed by atoms with Crippen LogP contribution in [0.5, 0.6) is 0 Å². The Morgan fingerprint density at radius 3 is 2.05 bits per heavy atom. The molecule has 4 aromatic carbocycles. The predicted molar refractivity (Wildman–Crippen MR) is 153 cm³/mol. The molecule has 1 fully saturated rings. The second-order valence-corrected chi connectivity index (χ2v) is 11.7. The van der Waals surface area contributed by atoms with E-state index in [0.29, 0.717) is 0 Å². The summed E-state index contributed by atoms with van der Waals surface area (Å²) in [7, 11) is -0.577. The van der Waals surface area contributed by atoms with E-state index in [2.05, 4.69) is 88.4 Å². The number of furan rings is 1. The van der Waals surface area contributed by atoms with Gasteiger partial charge < -0.3 is 13.7 Å². The lowest BCUT2D eigenvalue weighted by Gasteiger charge is -2.32. The maximum atomic E-state index is 6.52. The zero-order valence-electron chi connectivity index (χ0n) is 21.2. The van der Waals surface area contributed by atoms with Crippen molar-refractivity contribution in [1.82, 2.24) is 4.98 Å². The quantitative estimate of drug-likeness (QED) is 0.231. The number of hydrogen-bond donors (Lipinski definition) is 0. The van der Waals surface area contributed by atoms with E-state index in [0.717, 1.165) is 48.2 Å². The number of hydrogen-bond acceptors (Lipinski definition) is 5. The molecule has 0 aliphatic carbocycles. The number of thiazole rings is 1. The van der Waals surface area contributed by atoms with Gasteiger partial charge in [0.15, 0.2) is 0 Å². The van der Waals surface area contributed by atoms with E-state index in [1.165, 1.54) is 11.1 Å². The fraction of sp³-hybridized carbons (Fsp3) is 0.194. The molecule has 6 aromatic rings. The predicted octanol–water partition coefficient (Wildman–Crippen LogP) is 7.83. The van der Waals surface area contributed by atoms with Crippen molar-refractivity contribution in [2.75, 3.05) is 0 Å². The number of aromatic nitrogens is 1. The molecule has 2 aromatic heterocycles. The summed E-state index contributed by atoms with van der Waals surface area (Å²) in [5.74, 6) is 0. The summed E-state index contributed by atoms with van der Waals surface area (Å²) in [6, 6.07) is 29.4. The third-order valence-corrected chi connectivity index (χ3v) is 8.84. The Labute approximate surface area is 220 Å². The molecule has 3 heterocycles. The average Bonchev–Trinajstić information content (AvgIpc) is 3.54. The first-order chi connectivity index (χ1) is 17.8. The Kier molecular flexibility index (Phi) is 4.93. The summed E-state index contributed by atoms with van der Waals surface area (Å²) in [5.41, 5.74) is 5.91. The fourth-order valence-corrected chi connectivity index (χ4v) is 6.04. The van der Waals surface area contributed by atoms with Gasteiger partial charge in [0.2, 0.25) is 0 Å². The molecule has 0 radical (unpaired) electrons. The summed E-state index contributed by atoms with van der Waals surface area (Å²) in [4.78, 5) is 5.14. The highest BCUT2D eigenvalue weighted by atomic mass is 32.1. The summed E-state index contributed by atoms with van der Waals surface area (Å²) in [5, 5.41) is 3.10. The maximum absolute atomic E-state index is 6.52. The minimum absolute atomic E-state index is 0.468. The van der Waals surface area contributed by atoms with Gasteiger partial charge in [-0.15, -0.1) is 11.3 Å². The van der Waals surface area contributed by atoms with Gasteiger partial charge in [-0.2, -0.15) is 0 Å². The molecule has 0 saturated carbocycles. The Bertz CT molecular complexity index is 1770. The second-order valence-electron chi connectivity index (χ2n) is 10.7. The van der Waals surface area contributed by atoms with Crippen LogP contribution in [0.3, 0.4) is 0 Å². The highest BCUT2D eigenvalue weighted by molar-refractivity contribution is 7.22. The summed E-state index contributed by atoms with van der Waals surface area (Å²) in [6.07, 6.45) is 0. The molecule has 182 valence electrons. The molecule has 37 heavy (non-hydrogen) atoms. The van der Waals surface area contributed by atoms with Crippen LogP contribution in [-0.2, 0) is 9.31 Å². The molecule has 1 aliphatic rings. The van der Waals surface area contributed by atoms with Crippen LogP contribution in [0, 0.1) is 0 Å². The zero-order chi connectivity index (χ0) is 25.4. The molecule has 0 spiro atoms. The molecule has 1 saturated heterocycles. The smallest absolute Gasteiger partial charge is 0.456 e. The number of fused-ring (bicyclic) bond motifs is 4. The number of benzene rings is 4. The number of rotatable bonds is 3. The third-order valence-electron chi connectivity index (χ3n) is 7.79. The Morgan fingerprint density at radius 2 is 1.32 bits per heavy atom. The van der Waals surface area contributed by atoms with E-state index in [-0.39, 0.29) is 0 Å². The lowest BCUT2D eigenvalue weighted by atomic mass is 9.77. The van der Waals surface area contributed by atoms with E-state index in [1.54, 1.807) is 11.3 Å². The van der Waals surface area contributed by atoms with Crippen LogP contribution in [0.4, 0.5) is 0 Å². The average molecular weight is 503 g/mol. The van der Waals surface area contributed by atoms with Gasteiger partial charge in [-0.05, 0) is 51.0 Å². The summed E-state index contributed by atoms with van der Waals surface area (Å²) < 4.78 is 20.6. The van der Waals surface area contributed by atoms with Gasteiger partial charge in [0.1, 0.15) is 16.2 Å². The molecular weight excluding hydrogens is 477 g/mol. The van der Waals surface area contributed by atoms with E-state index >= 15 is 0 Å². The van der Waals surface area contributed by atoms with Crippen molar-refractivity contribution < 1.29 is 13.7 Å². The van der Waals surface area contributed by atoms with Gasteiger partial charge in [-0.1, -0.05) is 72.8 Å². The van der Waals surface area contributed by atoms with Gasteiger partial charge in [0.25, 0.3) is 0 Å². The van der Waals surface area contributed by atoms with Crippen molar-refractivity contribution in [3.05, 3.63) is 84.9 Å². The minimum atomic E-state index is -0.577. The SMILES string of the molecule is CC1(C)OB(c2c3nc(-c4ccc(-c5ccccc5)cc4)sc3cc3c2oc2ccccc23)OC1(C)C. The Hall–Kier alpha value is -3.45. The molecule has 4 nitrogen and oxygen atoms in total. The molecule has 0 bridgehead atoms. The Morgan fingerprint density at radius 1 is 0.703 bits per heavy atom. The van der Waals surface area contributed by atoms with E-state index in [1.807, 2.05) is 24.3 Å². The van der Waals surface area contributed by atoms with Gasteiger partial charge in [-0.25, -0.2) is 4.98 Å². The first-order valence-electron chi connectivity index (χ1n) is 12.6. The zero-order valence-corrected chi connectivity index (χ0v) is 22.1. The van der Waals surface area contributed by atoms with E-state index in [9.17, 15) is 0 Å². The molecule has 7 rings (SSSR count).